The maximum absolute atomic E-state index is 12.6. The Labute approximate surface area is 191 Å². The molecule has 0 saturated carbocycles. The molecule has 1 aliphatic heterocycles. The van der Waals surface area contributed by atoms with E-state index in [2.05, 4.69) is 10.6 Å². The summed E-state index contributed by atoms with van der Waals surface area (Å²) in [6.07, 6.45) is 0. The van der Waals surface area contributed by atoms with Gasteiger partial charge < -0.3 is 15.5 Å². The third-order valence-electron chi connectivity index (χ3n) is 5.09. The van der Waals surface area contributed by atoms with Gasteiger partial charge in [0, 0.05) is 30.4 Å². The highest BCUT2D eigenvalue weighted by molar-refractivity contribution is 8.00. The molecule has 1 fully saturated rings. The number of rotatable bonds is 6. The molecule has 0 aliphatic carbocycles. The van der Waals surface area contributed by atoms with Crippen LogP contribution in [0.4, 0.5) is 11.4 Å². The lowest BCUT2D eigenvalue weighted by atomic mass is 10.1. The van der Waals surface area contributed by atoms with Crippen molar-refractivity contribution in [2.24, 2.45) is 0 Å². The lowest BCUT2D eigenvalue weighted by Crippen LogP contribution is -2.27. The van der Waals surface area contributed by atoms with Gasteiger partial charge >= 0.3 is 0 Å². The molecule has 3 aromatic carbocycles. The Morgan fingerprint density at radius 2 is 1.53 bits per heavy atom. The molecule has 2 N–H and O–H groups in total. The normalized spacial score (nSPS) is 15.5. The van der Waals surface area contributed by atoms with Crippen LogP contribution in [0.1, 0.15) is 33.8 Å². The van der Waals surface area contributed by atoms with E-state index in [9.17, 15) is 14.4 Å². The summed E-state index contributed by atoms with van der Waals surface area (Å²) < 4.78 is 0. The zero-order chi connectivity index (χ0) is 22.5. The molecule has 0 spiro atoms. The Bertz CT molecular complexity index is 1120. The van der Waals surface area contributed by atoms with E-state index in [0.29, 0.717) is 29.2 Å². The second kappa shape index (κ2) is 9.70. The minimum Gasteiger partial charge on any atom is -0.326 e. The highest BCUT2D eigenvalue weighted by Gasteiger charge is 2.32. The van der Waals surface area contributed by atoms with Crippen molar-refractivity contribution in [3.05, 3.63) is 95.6 Å². The maximum atomic E-state index is 12.6. The standard InChI is InChI=1S/C25H23N3O3S/c1-17(29)26-21-11-13-22(14-12-21)27-24(31)19-7-9-20(10-8-19)25-28(23(30)16-32-25)15-18-5-3-2-4-6-18/h2-14,25H,15-16H2,1H3,(H,26,29)(H,27,31). The number of benzene rings is 3. The van der Waals surface area contributed by atoms with Gasteiger partial charge in [-0.2, -0.15) is 0 Å². The van der Waals surface area contributed by atoms with Crippen molar-refractivity contribution in [3.63, 3.8) is 0 Å². The first-order valence-corrected chi connectivity index (χ1v) is 11.3. The third kappa shape index (κ3) is 5.18. The van der Waals surface area contributed by atoms with Crippen molar-refractivity contribution in [1.29, 1.82) is 0 Å². The molecule has 4 rings (SSSR count). The van der Waals surface area contributed by atoms with Crippen LogP contribution in [-0.4, -0.2) is 28.4 Å². The fourth-order valence-electron chi connectivity index (χ4n) is 3.52. The minimum atomic E-state index is -0.222. The Kier molecular flexibility index (Phi) is 6.56. The molecule has 162 valence electrons. The van der Waals surface area contributed by atoms with Gasteiger partial charge in [-0.15, -0.1) is 11.8 Å². The predicted molar refractivity (Wildman–Crippen MR) is 127 cm³/mol. The fourth-order valence-corrected chi connectivity index (χ4v) is 4.71. The molecule has 32 heavy (non-hydrogen) atoms. The van der Waals surface area contributed by atoms with Gasteiger partial charge in [0.25, 0.3) is 5.91 Å². The van der Waals surface area contributed by atoms with E-state index in [1.54, 1.807) is 48.2 Å². The molecule has 1 heterocycles. The SMILES string of the molecule is CC(=O)Nc1ccc(NC(=O)c2ccc(C3SCC(=O)N3Cc3ccccc3)cc2)cc1. The molecule has 1 saturated heterocycles. The minimum absolute atomic E-state index is 0.0684. The van der Waals surface area contributed by atoms with E-state index < -0.39 is 0 Å². The maximum Gasteiger partial charge on any atom is 0.255 e. The number of carbonyl (C=O) groups is 3. The van der Waals surface area contributed by atoms with Crippen LogP contribution in [-0.2, 0) is 16.1 Å². The average Bonchev–Trinajstić information content (AvgIpc) is 3.15. The van der Waals surface area contributed by atoms with Gasteiger partial charge in [0.05, 0.1) is 5.75 Å². The predicted octanol–water partition coefficient (Wildman–Crippen LogP) is 4.67. The summed E-state index contributed by atoms with van der Waals surface area (Å²) in [5, 5.41) is 5.48. The van der Waals surface area contributed by atoms with Gasteiger partial charge in [0.1, 0.15) is 5.37 Å². The van der Waals surface area contributed by atoms with Crippen molar-refractivity contribution in [3.8, 4) is 0 Å². The van der Waals surface area contributed by atoms with Crippen LogP contribution in [0.25, 0.3) is 0 Å². The van der Waals surface area contributed by atoms with E-state index in [-0.39, 0.29) is 23.1 Å². The van der Waals surface area contributed by atoms with Gasteiger partial charge in [-0.3, -0.25) is 14.4 Å². The second-order valence-electron chi connectivity index (χ2n) is 7.51. The molecule has 1 atom stereocenters. The molecule has 1 unspecified atom stereocenters. The first-order chi connectivity index (χ1) is 15.5. The Hall–Kier alpha value is -3.58. The molecule has 1 aliphatic rings. The quantitative estimate of drug-likeness (QED) is 0.578. The van der Waals surface area contributed by atoms with Crippen molar-refractivity contribution in [2.45, 2.75) is 18.8 Å². The van der Waals surface area contributed by atoms with Gasteiger partial charge in [-0.05, 0) is 47.5 Å². The van der Waals surface area contributed by atoms with Crippen LogP contribution < -0.4 is 10.6 Å². The average molecular weight is 446 g/mol. The first-order valence-electron chi connectivity index (χ1n) is 10.2. The zero-order valence-corrected chi connectivity index (χ0v) is 18.4. The van der Waals surface area contributed by atoms with E-state index in [0.717, 1.165) is 11.1 Å². The smallest absolute Gasteiger partial charge is 0.255 e. The molecule has 7 heteroatoms. The van der Waals surface area contributed by atoms with Crippen molar-refractivity contribution < 1.29 is 14.4 Å². The number of hydrogen-bond acceptors (Lipinski definition) is 4. The third-order valence-corrected chi connectivity index (χ3v) is 6.34. The van der Waals surface area contributed by atoms with E-state index in [1.807, 2.05) is 47.4 Å². The van der Waals surface area contributed by atoms with Crippen molar-refractivity contribution in [1.82, 2.24) is 4.90 Å². The van der Waals surface area contributed by atoms with Gasteiger partial charge in [-0.1, -0.05) is 42.5 Å². The molecular formula is C25H23N3O3S. The number of hydrogen-bond donors (Lipinski definition) is 2. The molecular weight excluding hydrogens is 422 g/mol. The lowest BCUT2D eigenvalue weighted by Gasteiger charge is -2.24. The largest absolute Gasteiger partial charge is 0.326 e. The highest BCUT2D eigenvalue weighted by atomic mass is 32.2. The van der Waals surface area contributed by atoms with E-state index in [1.165, 1.54) is 6.92 Å². The summed E-state index contributed by atoms with van der Waals surface area (Å²) in [5.41, 5.74) is 3.92. The van der Waals surface area contributed by atoms with Crippen LogP contribution in [0.5, 0.6) is 0 Å². The Balaban J connectivity index is 1.42. The van der Waals surface area contributed by atoms with E-state index >= 15 is 0 Å². The molecule has 6 nitrogen and oxygen atoms in total. The fraction of sp³-hybridized carbons (Fsp3) is 0.160. The number of nitrogens with one attached hydrogen (secondary N) is 2. The number of anilines is 2. The van der Waals surface area contributed by atoms with Gasteiger partial charge in [0.15, 0.2) is 0 Å². The van der Waals surface area contributed by atoms with Crippen LogP contribution >= 0.6 is 11.8 Å². The number of carbonyl (C=O) groups excluding carboxylic acids is 3. The Morgan fingerprint density at radius 1 is 0.906 bits per heavy atom. The van der Waals surface area contributed by atoms with Crippen LogP contribution in [0.2, 0.25) is 0 Å². The lowest BCUT2D eigenvalue weighted by molar-refractivity contribution is -0.128. The topological polar surface area (TPSA) is 78.5 Å². The van der Waals surface area contributed by atoms with Crippen LogP contribution in [0.15, 0.2) is 78.9 Å². The van der Waals surface area contributed by atoms with Crippen molar-refractivity contribution >= 4 is 40.9 Å². The van der Waals surface area contributed by atoms with Gasteiger partial charge in [-0.25, -0.2) is 0 Å². The second-order valence-corrected chi connectivity index (χ2v) is 8.57. The monoisotopic (exact) mass is 445 g/mol. The number of nitrogens with zero attached hydrogens (tertiary/aromatic N) is 1. The summed E-state index contributed by atoms with van der Waals surface area (Å²) in [6, 6.07) is 24.2. The molecule has 0 radical (unpaired) electrons. The summed E-state index contributed by atoms with van der Waals surface area (Å²) in [5.74, 6) is 0.202. The first kappa shape index (κ1) is 21.6. The summed E-state index contributed by atoms with van der Waals surface area (Å²) in [7, 11) is 0. The van der Waals surface area contributed by atoms with Crippen LogP contribution in [0.3, 0.4) is 0 Å². The summed E-state index contributed by atoms with van der Waals surface area (Å²) in [6.45, 7) is 2.01. The Morgan fingerprint density at radius 3 is 2.16 bits per heavy atom. The molecule has 0 bridgehead atoms. The highest BCUT2D eigenvalue weighted by Crippen LogP contribution is 2.39. The summed E-state index contributed by atoms with van der Waals surface area (Å²) in [4.78, 5) is 38.0. The molecule has 3 amide bonds. The molecule has 0 aromatic heterocycles. The number of amides is 3. The zero-order valence-electron chi connectivity index (χ0n) is 17.6. The van der Waals surface area contributed by atoms with Gasteiger partial charge in [0.2, 0.25) is 11.8 Å². The summed E-state index contributed by atoms with van der Waals surface area (Å²) >= 11 is 1.60. The van der Waals surface area contributed by atoms with Crippen molar-refractivity contribution in [2.75, 3.05) is 16.4 Å². The van der Waals surface area contributed by atoms with Crippen LogP contribution in [0, 0.1) is 0 Å². The van der Waals surface area contributed by atoms with E-state index in [4.69, 9.17) is 0 Å². The molecule has 3 aromatic rings. The number of thioether (sulfide) groups is 1.